The minimum absolute atomic E-state index is 0.146. The van der Waals surface area contributed by atoms with Crippen LogP contribution in [-0.4, -0.2) is 25.8 Å². The maximum absolute atomic E-state index is 13.9. The molecule has 0 amide bonds. The number of nitrogen functional groups attached to an aromatic ring is 1. The molecule has 0 fully saturated rings. The van der Waals surface area contributed by atoms with Gasteiger partial charge in [-0.05, 0) is 18.1 Å². The molecule has 0 aliphatic heterocycles. The zero-order valence-corrected chi connectivity index (χ0v) is 13.4. The zero-order valence-electron chi connectivity index (χ0n) is 12.6. The van der Waals surface area contributed by atoms with E-state index < -0.39 is 26.6 Å². The standard InChI is InChI=1S/C14H22F2N2O2S/c1-4-10(5-2)9-18(6-3)21(19,20)14-12(15)7-11(17)8-13(14)16/h7-8,10H,4-6,9,17H2,1-3H3. The van der Waals surface area contributed by atoms with Crippen LogP contribution in [0.1, 0.15) is 33.6 Å². The van der Waals surface area contributed by atoms with Gasteiger partial charge in [-0.25, -0.2) is 17.2 Å². The molecule has 0 radical (unpaired) electrons. The van der Waals surface area contributed by atoms with Crippen molar-refractivity contribution in [1.29, 1.82) is 0 Å². The van der Waals surface area contributed by atoms with Crippen molar-refractivity contribution in [3.8, 4) is 0 Å². The van der Waals surface area contributed by atoms with Gasteiger partial charge in [-0.1, -0.05) is 33.6 Å². The molecule has 4 nitrogen and oxygen atoms in total. The van der Waals surface area contributed by atoms with E-state index in [0.717, 1.165) is 29.3 Å². The summed E-state index contributed by atoms with van der Waals surface area (Å²) in [5.74, 6) is -2.16. The second kappa shape index (κ2) is 7.17. The second-order valence-electron chi connectivity index (χ2n) is 4.95. The van der Waals surface area contributed by atoms with E-state index in [9.17, 15) is 17.2 Å². The van der Waals surface area contributed by atoms with E-state index in [1.165, 1.54) is 0 Å². The Bertz CT molecular complexity index is 564. The van der Waals surface area contributed by atoms with E-state index in [0.29, 0.717) is 0 Å². The highest BCUT2D eigenvalue weighted by atomic mass is 32.2. The molecule has 21 heavy (non-hydrogen) atoms. The van der Waals surface area contributed by atoms with Gasteiger partial charge in [-0.3, -0.25) is 0 Å². The van der Waals surface area contributed by atoms with Crippen LogP contribution in [0.15, 0.2) is 17.0 Å². The molecule has 0 spiro atoms. The zero-order chi connectivity index (χ0) is 16.2. The number of hydrogen-bond donors (Lipinski definition) is 1. The summed E-state index contributed by atoms with van der Waals surface area (Å²) in [6, 6.07) is 1.64. The van der Waals surface area contributed by atoms with E-state index in [2.05, 4.69) is 0 Å². The van der Waals surface area contributed by atoms with Crippen molar-refractivity contribution in [2.75, 3.05) is 18.8 Å². The fraction of sp³-hybridized carbons (Fsp3) is 0.571. The van der Waals surface area contributed by atoms with Crippen LogP contribution in [0, 0.1) is 17.6 Å². The average Bonchev–Trinajstić information content (AvgIpc) is 2.38. The summed E-state index contributed by atoms with van der Waals surface area (Å²) >= 11 is 0. The number of rotatable bonds is 7. The highest BCUT2D eigenvalue weighted by Crippen LogP contribution is 2.26. The van der Waals surface area contributed by atoms with Gasteiger partial charge in [0, 0.05) is 18.8 Å². The van der Waals surface area contributed by atoms with Gasteiger partial charge < -0.3 is 5.73 Å². The van der Waals surface area contributed by atoms with Gasteiger partial charge in [0.15, 0.2) is 4.90 Å². The Labute approximate surface area is 125 Å². The first-order chi connectivity index (χ1) is 9.77. The van der Waals surface area contributed by atoms with Crippen LogP contribution in [0.4, 0.5) is 14.5 Å². The predicted octanol–water partition coefficient (Wildman–Crippen LogP) is 2.99. The molecule has 1 rings (SSSR count). The number of anilines is 1. The lowest BCUT2D eigenvalue weighted by atomic mass is 10.0. The first kappa shape index (κ1) is 17.8. The summed E-state index contributed by atoms with van der Waals surface area (Å²) in [6.07, 6.45) is 1.60. The maximum atomic E-state index is 13.9. The number of hydrogen-bond acceptors (Lipinski definition) is 3. The quantitative estimate of drug-likeness (QED) is 0.786. The van der Waals surface area contributed by atoms with Crippen molar-refractivity contribution in [2.45, 2.75) is 38.5 Å². The molecule has 0 atom stereocenters. The lowest BCUT2D eigenvalue weighted by Crippen LogP contribution is -2.36. The average molecular weight is 320 g/mol. The van der Waals surface area contributed by atoms with E-state index in [1.54, 1.807) is 6.92 Å². The van der Waals surface area contributed by atoms with Gasteiger partial charge in [0.05, 0.1) is 0 Å². The summed E-state index contributed by atoms with van der Waals surface area (Å²) in [6.45, 7) is 5.96. The van der Waals surface area contributed by atoms with Gasteiger partial charge in [0.1, 0.15) is 11.6 Å². The van der Waals surface area contributed by atoms with Crippen molar-refractivity contribution < 1.29 is 17.2 Å². The Kier molecular flexibility index (Phi) is 6.10. The number of sulfonamides is 1. The molecule has 0 unspecified atom stereocenters. The van der Waals surface area contributed by atoms with E-state index in [1.807, 2.05) is 13.8 Å². The van der Waals surface area contributed by atoms with Crippen LogP contribution in [0.3, 0.4) is 0 Å². The second-order valence-corrected chi connectivity index (χ2v) is 6.83. The van der Waals surface area contributed by atoms with Gasteiger partial charge in [0.25, 0.3) is 0 Å². The third-order valence-electron chi connectivity index (χ3n) is 3.59. The topological polar surface area (TPSA) is 63.4 Å². The Morgan fingerprint density at radius 2 is 1.62 bits per heavy atom. The Balaban J connectivity index is 3.25. The van der Waals surface area contributed by atoms with Crippen LogP contribution in [0.25, 0.3) is 0 Å². The highest BCUT2D eigenvalue weighted by molar-refractivity contribution is 7.89. The molecule has 0 heterocycles. The van der Waals surface area contributed by atoms with Gasteiger partial charge in [-0.15, -0.1) is 0 Å². The number of nitrogens with zero attached hydrogens (tertiary/aromatic N) is 1. The third-order valence-corrected chi connectivity index (χ3v) is 5.58. The van der Waals surface area contributed by atoms with Crippen molar-refractivity contribution in [3.63, 3.8) is 0 Å². The van der Waals surface area contributed by atoms with Crippen LogP contribution in [0.2, 0.25) is 0 Å². The minimum atomic E-state index is -4.22. The van der Waals surface area contributed by atoms with Crippen molar-refractivity contribution in [2.24, 2.45) is 5.92 Å². The largest absolute Gasteiger partial charge is 0.399 e. The van der Waals surface area contributed by atoms with Crippen LogP contribution < -0.4 is 5.73 Å². The number of benzene rings is 1. The summed E-state index contributed by atoms with van der Waals surface area (Å²) in [4.78, 5) is -0.926. The fourth-order valence-electron chi connectivity index (χ4n) is 2.19. The summed E-state index contributed by atoms with van der Waals surface area (Å²) in [7, 11) is -4.22. The molecular weight excluding hydrogens is 298 g/mol. The Hall–Kier alpha value is -1.21. The summed E-state index contributed by atoms with van der Waals surface area (Å²) in [5, 5.41) is 0. The summed E-state index contributed by atoms with van der Waals surface area (Å²) < 4.78 is 53.8. The molecular formula is C14H22F2N2O2S. The van der Waals surface area contributed by atoms with Crippen molar-refractivity contribution in [1.82, 2.24) is 4.31 Å². The molecule has 0 bridgehead atoms. The lowest BCUT2D eigenvalue weighted by molar-refractivity contribution is 0.336. The monoisotopic (exact) mass is 320 g/mol. The van der Waals surface area contributed by atoms with Crippen molar-refractivity contribution >= 4 is 15.7 Å². The van der Waals surface area contributed by atoms with Crippen LogP contribution in [-0.2, 0) is 10.0 Å². The smallest absolute Gasteiger partial charge is 0.248 e. The molecule has 7 heteroatoms. The number of nitrogens with two attached hydrogens (primary N) is 1. The van der Waals surface area contributed by atoms with E-state index in [4.69, 9.17) is 5.73 Å². The molecule has 0 aromatic heterocycles. The van der Waals surface area contributed by atoms with Gasteiger partial charge in [0.2, 0.25) is 10.0 Å². The van der Waals surface area contributed by atoms with Gasteiger partial charge in [-0.2, -0.15) is 4.31 Å². The summed E-state index contributed by atoms with van der Waals surface area (Å²) in [5.41, 5.74) is 5.17. The fourth-order valence-corrected chi connectivity index (χ4v) is 3.80. The predicted molar refractivity (Wildman–Crippen MR) is 79.3 cm³/mol. The van der Waals surface area contributed by atoms with Crippen LogP contribution in [0.5, 0.6) is 0 Å². The first-order valence-electron chi connectivity index (χ1n) is 7.02. The number of halogens is 2. The SMILES string of the molecule is CCC(CC)CN(CC)S(=O)(=O)c1c(F)cc(N)cc1F. The molecule has 0 saturated heterocycles. The molecule has 120 valence electrons. The normalized spacial score (nSPS) is 12.3. The lowest BCUT2D eigenvalue weighted by Gasteiger charge is -2.25. The van der Waals surface area contributed by atoms with Crippen molar-refractivity contribution in [3.05, 3.63) is 23.8 Å². The van der Waals surface area contributed by atoms with Gasteiger partial charge >= 0.3 is 0 Å². The first-order valence-corrected chi connectivity index (χ1v) is 8.46. The van der Waals surface area contributed by atoms with E-state index in [-0.39, 0.29) is 24.7 Å². The molecule has 0 saturated carbocycles. The minimum Gasteiger partial charge on any atom is -0.399 e. The Morgan fingerprint density at radius 1 is 1.14 bits per heavy atom. The molecule has 1 aromatic carbocycles. The third kappa shape index (κ3) is 3.91. The molecule has 2 N–H and O–H groups in total. The molecule has 0 aliphatic rings. The molecule has 1 aromatic rings. The molecule has 0 aliphatic carbocycles. The maximum Gasteiger partial charge on any atom is 0.248 e. The van der Waals surface area contributed by atoms with E-state index >= 15 is 0 Å². The highest BCUT2D eigenvalue weighted by Gasteiger charge is 2.31. The van der Waals surface area contributed by atoms with Crippen LogP contribution >= 0.6 is 0 Å². The Morgan fingerprint density at radius 3 is 2.00 bits per heavy atom.